The number of benzene rings is 2. The Morgan fingerprint density at radius 2 is 1.84 bits per heavy atom. The molecule has 4 aromatic rings. The van der Waals surface area contributed by atoms with Crippen LogP contribution in [0.5, 0.6) is 5.75 Å². The highest BCUT2D eigenvalue weighted by molar-refractivity contribution is 7.99. The van der Waals surface area contributed by atoms with Gasteiger partial charge in [0.25, 0.3) is 5.69 Å². The van der Waals surface area contributed by atoms with Gasteiger partial charge in [-0.2, -0.15) is 0 Å². The molecule has 0 saturated carbocycles. The highest BCUT2D eigenvalue weighted by atomic mass is 32.2. The van der Waals surface area contributed by atoms with Crippen LogP contribution in [0.4, 0.5) is 5.69 Å². The fraction of sp³-hybridized carbons (Fsp3) is 0.0909. The topological polar surface area (TPSA) is 113 Å². The van der Waals surface area contributed by atoms with Gasteiger partial charge in [0.2, 0.25) is 0 Å². The van der Waals surface area contributed by atoms with Crippen molar-refractivity contribution in [3.63, 3.8) is 0 Å². The van der Waals surface area contributed by atoms with Crippen molar-refractivity contribution >= 4 is 23.2 Å². The van der Waals surface area contributed by atoms with Gasteiger partial charge in [-0.25, -0.2) is 0 Å². The molecule has 2 aromatic heterocycles. The molecule has 0 aliphatic heterocycles. The number of non-ortho nitro benzene ring substituents is 1. The van der Waals surface area contributed by atoms with E-state index < -0.39 is 4.92 Å². The predicted molar refractivity (Wildman–Crippen MR) is 119 cm³/mol. The van der Waals surface area contributed by atoms with Gasteiger partial charge in [-0.05, 0) is 48.5 Å². The van der Waals surface area contributed by atoms with Crippen LogP contribution < -0.4 is 4.74 Å². The van der Waals surface area contributed by atoms with Gasteiger partial charge in [0, 0.05) is 41.3 Å². The van der Waals surface area contributed by atoms with Gasteiger partial charge in [-0.1, -0.05) is 11.8 Å². The van der Waals surface area contributed by atoms with Gasteiger partial charge in [0.1, 0.15) is 5.75 Å². The summed E-state index contributed by atoms with van der Waals surface area (Å²) < 4.78 is 7.09. The first-order chi connectivity index (χ1) is 15.6. The lowest BCUT2D eigenvalue weighted by atomic mass is 10.1. The third kappa shape index (κ3) is 4.49. The van der Waals surface area contributed by atoms with E-state index in [2.05, 4.69) is 15.2 Å². The number of pyridine rings is 1. The maximum absolute atomic E-state index is 12.6. The lowest BCUT2D eigenvalue weighted by molar-refractivity contribution is -0.384. The first kappa shape index (κ1) is 21.2. The zero-order valence-corrected chi connectivity index (χ0v) is 17.7. The number of aromatic nitrogens is 4. The first-order valence-electron chi connectivity index (χ1n) is 9.47. The number of nitro benzene ring substituents is 1. The molecule has 0 unspecified atom stereocenters. The van der Waals surface area contributed by atoms with Crippen molar-refractivity contribution in [2.75, 3.05) is 12.9 Å². The summed E-state index contributed by atoms with van der Waals surface area (Å²) in [7, 11) is 1.60. The summed E-state index contributed by atoms with van der Waals surface area (Å²) >= 11 is 1.24. The summed E-state index contributed by atoms with van der Waals surface area (Å²) in [6.07, 6.45) is 3.37. The molecule has 0 amide bonds. The second-order valence-corrected chi connectivity index (χ2v) is 7.54. The Kier molecular flexibility index (Phi) is 6.22. The minimum Gasteiger partial charge on any atom is -0.497 e. The molecule has 2 aromatic carbocycles. The van der Waals surface area contributed by atoms with Gasteiger partial charge in [-0.15, -0.1) is 10.2 Å². The zero-order chi connectivity index (χ0) is 22.5. The van der Waals surface area contributed by atoms with Gasteiger partial charge in [-0.3, -0.25) is 24.5 Å². The number of rotatable bonds is 8. The lowest BCUT2D eigenvalue weighted by Crippen LogP contribution is -2.05. The van der Waals surface area contributed by atoms with Gasteiger partial charge >= 0.3 is 0 Å². The van der Waals surface area contributed by atoms with Crippen LogP contribution in [0.25, 0.3) is 17.1 Å². The fourth-order valence-electron chi connectivity index (χ4n) is 2.99. The van der Waals surface area contributed by atoms with Crippen LogP contribution in [0.3, 0.4) is 0 Å². The number of ketones is 1. The van der Waals surface area contributed by atoms with E-state index in [0.717, 1.165) is 11.3 Å². The Hall–Kier alpha value is -4.05. The quantitative estimate of drug-likeness (QED) is 0.171. The van der Waals surface area contributed by atoms with Crippen LogP contribution >= 0.6 is 11.8 Å². The maximum Gasteiger partial charge on any atom is 0.269 e. The maximum atomic E-state index is 12.6. The highest BCUT2D eigenvalue weighted by Gasteiger charge is 2.18. The summed E-state index contributed by atoms with van der Waals surface area (Å²) in [5, 5.41) is 20.0. The number of nitrogens with zero attached hydrogens (tertiary/aromatic N) is 5. The number of nitro groups is 1. The Bertz CT molecular complexity index is 1240. The van der Waals surface area contributed by atoms with Crippen LogP contribution in [-0.4, -0.2) is 43.3 Å². The third-order valence-electron chi connectivity index (χ3n) is 4.62. The number of thioether (sulfide) groups is 1. The first-order valence-corrected chi connectivity index (χ1v) is 10.5. The molecule has 160 valence electrons. The van der Waals surface area contributed by atoms with E-state index in [9.17, 15) is 14.9 Å². The van der Waals surface area contributed by atoms with Crippen LogP contribution in [0, 0.1) is 10.1 Å². The third-order valence-corrected chi connectivity index (χ3v) is 5.55. The number of hydrogen-bond acceptors (Lipinski definition) is 8. The van der Waals surface area contributed by atoms with Crippen molar-refractivity contribution in [1.29, 1.82) is 0 Å². The summed E-state index contributed by atoms with van der Waals surface area (Å²) in [4.78, 5) is 27.1. The SMILES string of the molecule is COc1ccc(-n2c(SCC(=O)c3ccc([N+](=O)[O-])cc3)nnc2-c2cccnc2)cc1. The number of ether oxygens (including phenoxy) is 1. The predicted octanol–water partition coefficient (Wildman–Crippen LogP) is 4.22. The second-order valence-electron chi connectivity index (χ2n) is 6.60. The normalized spacial score (nSPS) is 10.7. The minimum absolute atomic E-state index is 0.0606. The smallest absolute Gasteiger partial charge is 0.269 e. The zero-order valence-electron chi connectivity index (χ0n) is 16.9. The second kappa shape index (κ2) is 9.40. The largest absolute Gasteiger partial charge is 0.497 e. The van der Waals surface area contributed by atoms with E-state index in [1.807, 2.05) is 41.0 Å². The highest BCUT2D eigenvalue weighted by Crippen LogP contribution is 2.29. The summed E-state index contributed by atoms with van der Waals surface area (Å²) in [6.45, 7) is 0. The molecule has 0 aliphatic carbocycles. The van der Waals surface area contributed by atoms with Gasteiger partial charge in [0.15, 0.2) is 16.8 Å². The number of hydrogen-bond donors (Lipinski definition) is 0. The standard InChI is InChI=1S/C22H17N5O4S/c1-31-19-10-8-17(9-11-19)26-21(16-3-2-12-23-13-16)24-25-22(26)32-14-20(28)15-4-6-18(7-5-15)27(29)30/h2-13H,14H2,1H3. The molecule has 4 rings (SSSR count). The van der Waals surface area contributed by atoms with Crippen molar-refractivity contribution in [3.8, 4) is 22.8 Å². The number of Topliss-reactive ketones (excluding diaryl/α,β-unsaturated/α-hetero) is 1. The van der Waals surface area contributed by atoms with Crippen LogP contribution in [0.1, 0.15) is 10.4 Å². The Balaban J connectivity index is 1.62. The number of carbonyl (C=O) groups excluding carboxylic acids is 1. The summed E-state index contributed by atoms with van der Waals surface area (Å²) in [5.41, 5.74) is 1.92. The van der Waals surface area contributed by atoms with E-state index in [0.29, 0.717) is 22.3 Å². The van der Waals surface area contributed by atoms with Crippen molar-refractivity contribution in [1.82, 2.24) is 19.7 Å². The molecule has 0 N–H and O–H groups in total. The number of carbonyl (C=O) groups is 1. The summed E-state index contributed by atoms with van der Waals surface area (Å²) in [5.74, 6) is 1.23. The molecule has 0 spiro atoms. The lowest BCUT2D eigenvalue weighted by Gasteiger charge is -2.11. The molecule has 2 heterocycles. The molecule has 0 radical (unpaired) electrons. The molecular weight excluding hydrogens is 430 g/mol. The molecule has 32 heavy (non-hydrogen) atoms. The molecule has 0 bridgehead atoms. The van der Waals surface area contributed by atoms with E-state index in [1.165, 1.54) is 36.0 Å². The Morgan fingerprint density at radius 1 is 1.09 bits per heavy atom. The summed E-state index contributed by atoms with van der Waals surface area (Å²) in [6, 6.07) is 16.7. The number of methoxy groups -OCH3 is 1. The van der Waals surface area contributed by atoms with E-state index in [1.54, 1.807) is 19.5 Å². The van der Waals surface area contributed by atoms with Crippen LogP contribution in [-0.2, 0) is 0 Å². The molecule has 10 heteroatoms. The van der Waals surface area contributed by atoms with E-state index >= 15 is 0 Å². The van der Waals surface area contributed by atoms with Crippen LogP contribution in [0.15, 0.2) is 78.2 Å². The van der Waals surface area contributed by atoms with Crippen molar-refractivity contribution in [2.24, 2.45) is 0 Å². The Labute approximate surface area is 187 Å². The van der Waals surface area contributed by atoms with Gasteiger partial charge in [0.05, 0.1) is 17.8 Å². The molecule has 0 aliphatic rings. The monoisotopic (exact) mass is 447 g/mol. The molecule has 9 nitrogen and oxygen atoms in total. The van der Waals surface area contributed by atoms with Crippen molar-refractivity contribution in [3.05, 3.63) is 88.7 Å². The van der Waals surface area contributed by atoms with Crippen molar-refractivity contribution < 1.29 is 14.5 Å². The van der Waals surface area contributed by atoms with Crippen LogP contribution in [0.2, 0.25) is 0 Å². The van der Waals surface area contributed by atoms with E-state index in [4.69, 9.17) is 4.74 Å². The molecule has 0 atom stereocenters. The van der Waals surface area contributed by atoms with Gasteiger partial charge < -0.3 is 4.74 Å². The Morgan fingerprint density at radius 3 is 2.47 bits per heavy atom. The van der Waals surface area contributed by atoms with E-state index in [-0.39, 0.29) is 17.2 Å². The minimum atomic E-state index is -0.500. The molecule has 0 saturated heterocycles. The average molecular weight is 447 g/mol. The average Bonchev–Trinajstić information content (AvgIpc) is 3.27. The fourth-order valence-corrected chi connectivity index (χ4v) is 3.84. The van der Waals surface area contributed by atoms with Crippen molar-refractivity contribution in [2.45, 2.75) is 5.16 Å². The molecular formula is C22H17N5O4S. The molecule has 0 fully saturated rings.